The van der Waals surface area contributed by atoms with Crippen molar-refractivity contribution in [3.05, 3.63) is 41.8 Å². The molecular formula is C18H19N3O5S2. The van der Waals surface area contributed by atoms with Gasteiger partial charge in [-0.1, -0.05) is 12.1 Å². The van der Waals surface area contributed by atoms with Crippen molar-refractivity contribution in [3.63, 3.8) is 0 Å². The molecule has 2 atom stereocenters. The van der Waals surface area contributed by atoms with Gasteiger partial charge in [0.1, 0.15) is 16.0 Å². The molecule has 10 heteroatoms. The molecule has 4 rings (SSSR count). The Labute approximate surface area is 166 Å². The van der Waals surface area contributed by atoms with Gasteiger partial charge in [-0.05, 0) is 36.4 Å². The Kier molecular flexibility index (Phi) is 4.86. The molecule has 1 aromatic heterocycles. The summed E-state index contributed by atoms with van der Waals surface area (Å²) < 4.78 is 33.0. The number of nitrogens with one attached hydrogen (secondary N) is 1. The highest BCUT2D eigenvalue weighted by Crippen LogP contribution is 2.32. The lowest BCUT2D eigenvalue weighted by Crippen LogP contribution is -2.49. The molecule has 0 spiro atoms. The summed E-state index contributed by atoms with van der Waals surface area (Å²) in [6.45, 7) is 0.313. The molecular weight excluding hydrogens is 402 g/mol. The largest absolute Gasteiger partial charge is 0.497 e. The molecule has 3 amide bonds. The fourth-order valence-corrected chi connectivity index (χ4v) is 5.88. The van der Waals surface area contributed by atoms with E-state index in [1.165, 1.54) is 18.1 Å². The smallest absolute Gasteiger partial charge is 0.332 e. The van der Waals surface area contributed by atoms with Crippen LogP contribution in [0.1, 0.15) is 12.8 Å². The number of hydrogen-bond acceptors (Lipinski definition) is 6. The topological polar surface area (TPSA) is 96.0 Å². The number of sulfonamides is 1. The van der Waals surface area contributed by atoms with Gasteiger partial charge in [0.25, 0.3) is 5.91 Å². The van der Waals surface area contributed by atoms with Crippen molar-refractivity contribution in [3.8, 4) is 5.75 Å². The number of methoxy groups -OCH3 is 1. The van der Waals surface area contributed by atoms with Crippen molar-refractivity contribution in [2.24, 2.45) is 0 Å². The summed E-state index contributed by atoms with van der Waals surface area (Å²) in [4.78, 5) is 28.4. The number of amides is 3. The highest BCUT2D eigenvalue weighted by molar-refractivity contribution is 7.91. The molecule has 0 aliphatic carbocycles. The van der Waals surface area contributed by atoms with Crippen molar-refractivity contribution in [2.45, 2.75) is 29.1 Å². The molecule has 2 aromatic rings. The highest BCUT2D eigenvalue weighted by Gasteiger charge is 2.49. The van der Waals surface area contributed by atoms with Gasteiger partial charge in [0.15, 0.2) is 0 Å². The molecule has 1 aromatic carbocycles. The van der Waals surface area contributed by atoms with Gasteiger partial charge in [0.05, 0.1) is 12.8 Å². The number of carbonyl (C=O) groups is 2. The van der Waals surface area contributed by atoms with Gasteiger partial charge in [0, 0.05) is 18.7 Å². The van der Waals surface area contributed by atoms with Gasteiger partial charge >= 0.3 is 6.03 Å². The molecule has 2 unspecified atom stereocenters. The molecule has 0 bridgehead atoms. The van der Waals surface area contributed by atoms with E-state index < -0.39 is 22.1 Å². The van der Waals surface area contributed by atoms with E-state index in [2.05, 4.69) is 4.72 Å². The lowest BCUT2D eigenvalue weighted by Gasteiger charge is -2.32. The zero-order valence-corrected chi connectivity index (χ0v) is 16.7. The summed E-state index contributed by atoms with van der Waals surface area (Å²) in [5.74, 6) is 0.197. The quantitative estimate of drug-likeness (QED) is 0.746. The van der Waals surface area contributed by atoms with Crippen LogP contribution in [0.2, 0.25) is 0 Å². The third-order valence-corrected chi connectivity index (χ3v) is 7.86. The molecule has 3 heterocycles. The number of carbonyl (C=O) groups excluding carboxylic acids is 2. The van der Waals surface area contributed by atoms with Crippen LogP contribution in [-0.2, 0) is 14.8 Å². The predicted molar refractivity (Wildman–Crippen MR) is 104 cm³/mol. The Morgan fingerprint density at radius 3 is 2.75 bits per heavy atom. The number of hydrogen-bond donors (Lipinski definition) is 1. The Balaban J connectivity index is 1.53. The third kappa shape index (κ3) is 3.27. The molecule has 0 saturated carbocycles. The summed E-state index contributed by atoms with van der Waals surface area (Å²) >= 11 is 1.14. The van der Waals surface area contributed by atoms with Gasteiger partial charge in [-0.3, -0.25) is 4.79 Å². The zero-order chi connectivity index (χ0) is 19.9. The average Bonchev–Trinajstić information content (AvgIpc) is 3.30. The van der Waals surface area contributed by atoms with Gasteiger partial charge in [-0.25, -0.2) is 22.8 Å². The van der Waals surface area contributed by atoms with Gasteiger partial charge < -0.3 is 9.64 Å². The molecule has 28 heavy (non-hydrogen) atoms. The van der Waals surface area contributed by atoms with E-state index in [0.717, 1.165) is 16.2 Å². The molecule has 2 aliphatic rings. The third-order valence-electron chi connectivity index (χ3n) is 4.94. The number of nitrogens with zero attached hydrogens (tertiary/aromatic N) is 2. The first-order chi connectivity index (χ1) is 13.4. The SMILES string of the molecule is COc1cccc(N2C(=O)C3CC(NS(=O)(=O)c4cccs4)CCN3C2=O)c1. The van der Waals surface area contributed by atoms with E-state index in [-0.39, 0.29) is 22.6 Å². The minimum atomic E-state index is -3.63. The van der Waals surface area contributed by atoms with Crippen LogP contribution in [0.5, 0.6) is 5.75 Å². The summed E-state index contributed by atoms with van der Waals surface area (Å²) in [6.07, 6.45) is 0.696. The molecule has 0 radical (unpaired) electrons. The number of rotatable bonds is 5. The number of piperidine rings is 1. The first-order valence-electron chi connectivity index (χ1n) is 8.75. The van der Waals surface area contributed by atoms with Crippen molar-refractivity contribution in [2.75, 3.05) is 18.6 Å². The molecule has 2 fully saturated rings. The van der Waals surface area contributed by atoms with Crippen LogP contribution in [0.15, 0.2) is 46.0 Å². The number of urea groups is 1. The monoisotopic (exact) mass is 421 g/mol. The molecule has 8 nitrogen and oxygen atoms in total. The van der Waals surface area contributed by atoms with E-state index in [0.29, 0.717) is 24.4 Å². The maximum Gasteiger partial charge on any atom is 0.332 e. The van der Waals surface area contributed by atoms with Crippen LogP contribution in [0.4, 0.5) is 10.5 Å². The summed E-state index contributed by atoms with van der Waals surface area (Å²) in [5.41, 5.74) is 0.444. The van der Waals surface area contributed by atoms with Crippen LogP contribution < -0.4 is 14.4 Å². The normalized spacial score (nSPS) is 22.5. The molecule has 148 valence electrons. The Bertz CT molecular complexity index is 1010. The molecule has 2 saturated heterocycles. The second kappa shape index (κ2) is 7.19. The number of benzene rings is 1. The lowest BCUT2D eigenvalue weighted by molar-refractivity contribution is -0.120. The number of ether oxygens (including phenoxy) is 1. The Morgan fingerprint density at radius 1 is 1.21 bits per heavy atom. The zero-order valence-electron chi connectivity index (χ0n) is 15.1. The second-order valence-corrected chi connectivity index (χ2v) is 9.53. The van der Waals surface area contributed by atoms with Crippen LogP contribution in [0, 0.1) is 0 Å². The van der Waals surface area contributed by atoms with Crippen LogP contribution in [-0.4, -0.2) is 51.0 Å². The van der Waals surface area contributed by atoms with E-state index in [1.807, 2.05) is 0 Å². The summed E-state index contributed by atoms with van der Waals surface area (Å²) in [5, 5.41) is 1.70. The second-order valence-electron chi connectivity index (χ2n) is 6.64. The fourth-order valence-electron chi connectivity index (χ4n) is 3.59. The van der Waals surface area contributed by atoms with Crippen molar-refractivity contribution < 1.29 is 22.7 Å². The van der Waals surface area contributed by atoms with Crippen LogP contribution in [0.25, 0.3) is 0 Å². The number of imide groups is 1. The predicted octanol–water partition coefficient (Wildman–Crippen LogP) is 2.03. The van der Waals surface area contributed by atoms with E-state index in [4.69, 9.17) is 4.74 Å². The minimum absolute atomic E-state index is 0.238. The maximum absolute atomic E-state index is 12.9. The minimum Gasteiger partial charge on any atom is -0.497 e. The first-order valence-corrected chi connectivity index (χ1v) is 11.1. The van der Waals surface area contributed by atoms with Crippen molar-refractivity contribution in [1.29, 1.82) is 0 Å². The lowest BCUT2D eigenvalue weighted by atomic mass is 9.99. The van der Waals surface area contributed by atoms with Crippen molar-refractivity contribution in [1.82, 2.24) is 9.62 Å². The first kappa shape index (κ1) is 18.9. The number of thiophene rings is 1. The molecule has 1 N–H and O–H groups in total. The molecule has 2 aliphatic heterocycles. The standard InChI is InChI=1S/C18H19N3O5S2/c1-26-14-5-2-4-13(11-14)21-17(22)15-10-12(7-8-20(15)18(21)23)19-28(24,25)16-6-3-9-27-16/h2-6,9,11-12,15,19H,7-8,10H2,1H3. The van der Waals surface area contributed by atoms with Crippen LogP contribution in [0.3, 0.4) is 0 Å². The fraction of sp³-hybridized carbons (Fsp3) is 0.333. The van der Waals surface area contributed by atoms with E-state index in [1.54, 1.807) is 35.7 Å². The van der Waals surface area contributed by atoms with Gasteiger partial charge in [-0.15, -0.1) is 11.3 Å². The van der Waals surface area contributed by atoms with Crippen LogP contribution >= 0.6 is 11.3 Å². The van der Waals surface area contributed by atoms with Gasteiger partial charge in [-0.2, -0.15) is 0 Å². The average molecular weight is 422 g/mol. The van der Waals surface area contributed by atoms with E-state index in [9.17, 15) is 18.0 Å². The Hall–Kier alpha value is -2.43. The number of fused-ring (bicyclic) bond motifs is 1. The number of anilines is 1. The van der Waals surface area contributed by atoms with Crippen molar-refractivity contribution >= 4 is 39.0 Å². The maximum atomic E-state index is 12.9. The van der Waals surface area contributed by atoms with Gasteiger partial charge in [0.2, 0.25) is 10.0 Å². The summed E-state index contributed by atoms with van der Waals surface area (Å²) in [7, 11) is -2.11. The Morgan fingerprint density at radius 2 is 2.04 bits per heavy atom. The highest BCUT2D eigenvalue weighted by atomic mass is 32.2. The summed E-state index contributed by atoms with van der Waals surface area (Å²) in [6, 6.07) is 8.49. The van der Waals surface area contributed by atoms with E-state index >= 15 is 0 Å².